The topological polar surface area (TPSA) is 104 Å². The lowest BCUT2D eigenvalue weighted by Crippen LogP contribution is -2.11. The number of pyridine rings is 1. The van der Waals surface area contributed by atoms with Gasteiger partial charge in [-0.1, -0.05) is 12.1 Å². The fourth-order valence-corrected chi connectivity index (χ4v) is 3.97. The summed E-state index contributed by atoms with van der Waals surface area (Å²) >= 11 is 1.38. The standard InChI is InChI=1S/C22H15N5O4S/c28-27(29)18-5-1-3-16(10-18)19-13-32-22(25-17-4-2-8-23-12-17)26(19)24-11-15-6-7-20-21(9-15)31-14-30-20/h1-13H,14H2. The van der Waals surface area contributed by atoms with Crippen LogP contribution in [0, 0.1) is 10.1 Å². The molecule has 1 aliphatic heterocycles. The Bertz CT molecular complexity index is 1390. The van der Waals surface area contributed by atoms with E-state index in [1.165, 1.54) is 23.5 Å². The van der Waals surface area contributed by atoms with Gasteiger partial charge in [0.2, 0.25) is 11.6 Å². The molecule has 0 saturated carbocycles. The molecule has 0 unspecified atom stereocenters. The lowest BCUT2D eigenvalue weighted by atomic mass is 10.1. The van der Waals surface area contributed by atoms with Crippen molar-refractivity contribution in [3.05, 3.63) is 92.9 Å². The summed E-state index contributed by atoms with van der Waals surface area (Å²) < 4.78 is 12.4. The summed E-state index contributed by atoms with van der Waals surface area (Å²) in [6.45, 7) is 0.195. The van der Waals surface area contributed by atoms with E-state index in [9.17, 15) is 10.1 Å². The van der Waals surface area contributed by atoms with Crippen LogP contribution in [0.1, 0.15) is 5.56 Å². The summed E-state index contributed by atoms with van der Waals surface area (Å²) in [7, 11) is 0. The number of nitrogens with zero attached hydrogens (tertiary/aromatic N) is 5. The van der Waals surface area contributed by atoms with Gasteiger partial charge in [-0.2, -0.15) is 5.10 Å². The number of thiazole rings is 1. The summed E-state index contributed by atoms with van der Waals surface area (Å²) in [5.41, 5.74) is 2.83. The van der Waals surface area contributed by atoms with Gasteiger partial charge in [0.25, 0.3) is 5.69 Å². The van der Waals surface area contributed by atoms with Crippen LogP contribution in [0.4, 0.5) is 11.4 Å². The van der Waals surface area contributed by atoms with Crippen molar-refractivity contribution in [3.63, 3.8) is 0 Å². The first-order valence-corrected chi connectivity index (χ1v) is 10.4. The molecular weight excluding hydrogens is 430 g/mol. The molecule has 158 valence electrons. The maximum atomic E-state index is 11.2. The van der Waals surface area contributed by atoms with E-state index in [1.807, 2.05) is 29.6 Å². The molecule has 3 heterocycles. The number of nitro groups is 1. The van der Waals surface area contributed by atoms with E-state index in [-0.39, 0.29) is 12.5 Å². The smallest absolute Gasteiger partial charge is 0.270 e. The summed E-state index contributed by atoms with van der Waals surface area (Å²) in [4.78, 5) is 20.2. The van der Waals surface area contributed by atoms with E-state index >= 15 is 0 Å². The zero-order chi connectivity index (χ0) is 21.9. The summed E-state index contributed by atoms with van der Waals surface area (Å²) in [5.74, 6) is 1.35. The van der Waals surface area contributed by atoms with Crippen LogP contribution >= 0.6 is 11.3 Å². The highest BCUT2D eigenvalue weighted by atomic mass is 32.1. The van der Waals surface area contributed by atoms with E-state index in [2.05, 4.69) is 15.1 Å². The predicted molar refractivity (Wildman–Crippen MR) is 119 cm³/mol. The first-order chi connectivity index (χ1) is 15.7. The number of rotatable bonds is 5. The van der Waals surface area contributed by atoms with Crippen LogP contribution in [-0.2, 0) is 0 Å². The average molecular weight is 445 g/mol. The molecule has 0 saturated heterocycles. The van der Waals surface area contributed by atoms with Crippen LogP contribution in [0.3, 0.4) is 0 Å². The number of non-ortho nitro benzene ring substituents is 1. The Morgan fingerprint density at radius 3 is 2.88 bits per heavy atom. The molecule has 0 atom stereocenters. The highest BCUT2D eigenvalue weighted by Gasteiger charge is 2.14. The zero-order valence-corrected chi connectivity index (χ0v) is 17.3. The lowest BCUT2D eigenvalue weighted by molar-refractivity contribution is -0.384. The van der Waals surface area contributed by atoms with Gasteiger partial charge in [-0.25, -0.2) is 9.67 Å². The Labute approximate surface area is 185 Å². The molecule has 0 amide bonds. The lowest BCUT2D eigenvalue weighted by Gasteiger charge is -2.04. The molecule has 0 N–H and O–H groups in total. The second kappa shape index (κ2) is 8.44. The number of benzene rings is 2. The van der Waals surface area contributed by atoms with Gasteiger partial charge in [-0.15, -0.1) is 11.3 Å². The third kappa shape index (κ3) is 3.98. The van der Waals surface area contributed by atoms with Crippen molar-refractivity contribution in [2.75, 3.05) is 6.79 Å². The monoisotopic (exact) mass is 445 g/mol. The van der Waals surface area contributed by atoms with Crippen molar-refractivity contribution in [1.29, 1.82) is 0 Å². The third-order valence-electron chi connectivity index (χ3n) is 4.63. The molecule has 0 aliphatic carbocycles. The van der Waals surface area contributed by atoms with Crippen molar-refractivity contribution in [3.8, 4) is 22.8 Å². The van der Waals surface area contributed by atoms with Gasteiger partial charge < -0.3 is 9.47 Å². The maximum absolute atomic E-state index is 11.2. The maximum Gasteiger partial charge on any atom is 0.270 e. The van der Waals surface area contributed by atoms with Crippen LogP contribution in [-0.4, -0.2) is 27.6 Å². The van der Waals surface area contributed by atoms with Crippen molar-refractivity contribution in [2.45, 2.75) is 0 Å². The quantitative estimate of drug-likeness (QED) is 0.258. The van der Waals surface area contributed by atoms with Crippen molar-refractivity contribution in [2.24, 2.45) is 10.1 Å². The van der Waals surface area contributed by atoms with Crippen LogP contribution in [0.25, 0.3) is 11.3 Å². The molecule has 32 heavy (non-hydrogen) atoms. The highest BCUT2D eigenvalue weighted by Crippen LogP contribution is 2.32. The first-order valence-electron chi connectivity index (χ1n) is 9.51. The van der Waals surface area contributed by atoms with Crippen LogP contribution in [0.2, 0.25) is 0 Å². The van der Waals surface area contributed by atoms with Gasteiger partial charge in [-0.05, 0) is 35.9 Å². The van der Waals surface area contributed by atoms with Crippen LogP contribution in [0.15, 0.2) is 82.5 Å². The van der Waals surface area contributed by atoms with Gasteiger partial charge >= 0.3 is 0 Å². The Morgan fingerprint density at radius 1 is 1.12 bits per heavy atom. The van der Waals surface area contributed by atoms with Gasteiger partial charge in [0, 0.05) is 29.3 Å². The fourth-order valence-electron chi connectivity index (χ4n) is 3.11. The van der Waals surface area contributed by atoms with Gasteiger partial charge in [-0.3, -0.25) is 15.1 Å². The molecule has 0 spiro atoms. The molecule has 2 aromatic carbocycles. The second-order valence-electron chi connectivity index (χ2n) is 6.70. The molecule has 0 radical (unpaired) electrons. The minimum atomic E-state index is -0.420. The number of fused-ring (bicyclic) bond motifs is 1. The second-order valence-corrected chi connectivity index (χ2v) is 7.54. The number of hydrogen-bond donors (Lipinski definition) is 0. The SMILES string of the molecule is O=[N+]([O-])c1cccc(-c2csc(=Nc3cccnc3)n2N=Cc2ccc3c(c2)OCO3)c1. The van der Waals surface area contributed by atoms with E-state index in [0.29, 0.717) is 33.2 Å². The summed E-state index contributed by atoms with van der Waals surface area (Å²) in [6.07, 6.45) is 5.00. The summed E-state index contributed by atoms with van der Waals surface area (Å²) in [6, 6.07) is 15.6. The first kappa shape index (κ1) is 19.6. The van der Waals surface area contributed by atoms with E-state index in [4.69, 9.17) is 9.47 Å². The van der Waals surface area contributed by atoms with Crippen molar-refractivity contribution in [1.82, 2.24) is 9.66 Å². The number of nitro benzene ring substituents is 1. The Hall–Kier alpha value is -4.31. The molecule has 0 fully saturated rings. The van der Waals surface area contributed by atoms with E-state index < -0.39 is 4.92 Å². The average Bonchev–Trinajstić information content (AvgIpc) is 3.45. The Morgan fingerprint density at radius 2 is 2.03 bits per heavy atom. The fraction of sp³-hybridized carbons (Fsp3) is 0.0455. The van der Waals surface area contributed by atoms with E-state index in [1.54, 1.807) is 41.5 Å². The minimum Gasteiger partial charge on any atom is -0.454 e. The van der Waals surface area contributed by atoms with Gasteiger partial charge in [0.15, 0.2) is 11.5 Å². The zero-order valence-electron chi connectivity index (χ0n) is 16.5. The third-order valence-corrected chi connectivity index (χ3v) is 5.44. The van der Waals surface area contributed by atoms with Crippen molar-refractivity contribution < 1.29 is 14.4 Å². The molecule has 1 aliphatic rings. The van der Waals surface area contributed by atoms with Crippen LogP contribution in [0.5, 0.6) is 11.5 Å². The number of hydrogen-bond acceptors (Lipinski definition) is 8. The minimum absolute atomic E-state index is 0.00532. The predicted octanol–water partition coefficient (Wildman–Crippen LogP) is 4.36. The van der Waals surface area contributed by atoms with E-state index in [0.717, 1.165) is 5.56 Å². The normalized spacial score (nSPS) is 13.1. The van der Waals surface area contributed by atoms with Gasteiger partial charge in [0.05, 0.1) is 28.7 Å². The number of aromatic nitrogens is 2. The molecule has 9 nitrogen and oxygen atoms in total. The number of ether oxygens (including phenoxy) is 2. The molecule has 10 heteroatoms. The highest BCUT2D eigenvalue weighted by molar-refractivity contribution is 7.07. The molecule has 2 aromatic heterocycles. The molecule has 0 bridgehead atoms. The van der Waals surface area contributed by atoms with Gasteiger partial charge in [0.1, 0.15) is 0 Å². The molecular formula is C22H15N5O4S. The Kier molecular flexibility index (Phi) is 5.18. The van der Waals surface area contributed by atoms with Crippen molar-refractivity contribution >= 4 is 28.9 Å². The largest absolute Gasteiger partial charge is 0.454 e. The Balaban J connectivity index is 1.61. The summed E-state index contributed by atoms with van der Waals surface area (Å²) in [5, 5.41) is 17.7. The molecule has 5 rings (SSSR count). The van der Waals surface area contributed by atoms with Crippen LogP contribution < -0.4 is 14.3 Å². The molecule has 4 aromatic rings.